The smallest absolute Gasteiger partial charge is 0.382 e. The lowest BCUT2D eigenvalue weighted by Gasteiger charge is -2.27. The second-order valence-electron chi connectivity index (χ2n) is 12.7. The van der Waals surface area contributed by atoms with E-state index in [1.54, 1.807) is 50.2 Å². The number of aliphatic hydroxyl groups excluding tert-OH is 1. The lowest BCUT2D eigenvalue weighted by Crippen LogP contribution is -2.52. The summed E-state index contributed by atoms with van der Waals surface area (Å²) < 4.78 is 39.8. The summed E-state index contributed by atoms with van der Waals surface area (Å²) in [5, 5.41) is 14.8. The number of carbonyl (C=O) groups excluding carboxylic acids is 5. The first kappa shape index (κ1) is 37.3. The van der Waals surface area contributed by atoms with Crippen LogP contribution in [0.5, 0.6) is 0 Å². The molecule has 0 saturated heterocycles. The fraction of sp³-hybridized carbons (Fsp3) is 0.472. The molecule has 0 spiro atoms. The highest BCUT2D eigenvalue weighted by Crippen LogP contribution is 2.26. The molecule has 1 aliphatic rings. The van der Waals surface area contributed by atoms with E-state index in [2.05, 4.69) is 10.6 Å². The summed E-state index contributed by atoms with van der Waals surface area (Å²) in [7, 11) is 0. The van der Waals surface area contributed by atoms with Crippen molar-refractivity contribution in [1.29, 1.82) is 0 Å². The number of aliphatic hydroxyl groups is 1. The van der Waals surface area contributed by atoms with E-state index in [1.807, 2.05) is 24.3 Å². The third-order valence-electron chi connectivity index (χ3n) is 8.44. The number of hydrogen-bond donors (Lipinski definition) is 3. The molecule has 2 aromatic rings. The van der Waals surface area contributed by atoms with Crippen LogP contribution >= 0.6 is 0 Å². The monoisotopic (exact) mass is 656 g/mol. The largest absolute Gasteiger partial charge is 0.416 e. The van der Waals surface area contributed by atoms with Crippen LogP contribution < -0.4 is 10.6 Å². The van der Waals surface area contributed by atoms with Crippen LogP contribution in [0.3, 0.4) is 0 Å². The molecule has 0 fully saturated rings. The lowest BCUT2D eigenvalue weighted by molar-refractivity contribution is -0.213. The Hall–Kier alpha value is -4.12. The maximum Gasteiger partial charge on any atom is 0.416 e. The van der Waals surface area contributed by atoms with Crippen molar-refractivity contribution in [2.24, 2.45) is 17.8 Å². The minimum atomic E-state index is -5.04. The van der Waals surface area contributed by atoms with Gasteiger partial charge in [-0.25, -0.2) is 0 Å². The Labute approximate surface area is 273 Å². The van der Waals surface area contributed by atoms with Gasteiger partial charge in [0.05, 0.1) is 12.1 Å². The van der Waals surface area contributed by atoms with E-state index in [0.717, 1.165) is 23.1 Å². The number of amides is 2. The molecular formula is C36H43F3N2O6. The van der Waals surface area contributed by atoms with Crippen molar-refractivity contribution in [2.45, 2.75) is 90.6 Å². The van der Waals surface area contributed by atoms with E-state index in [4.69, 9.17) is 0 Å². The summed E-state index contributed by atoms with van der Waals surface area (Å²) in [5.74, 6) is -4.68. The Bertz CT molecular complexity index is 1470. The Morgan fingerprint density at radius 3 is 2.21 bits per heavy atom. The second kappa shape index (κ2) is 16.6. The van der Waals surface area contributed by atoms with Crippen LogP contribution in [0.25, 0.3) is 6.08 Å². The van der Waals surface area contributed by atoms with Gasteiger partial charge < -0.3 is 20.5 Å². The highest BCUT2D eigenvalue weighted by atomic mass is 19.4. The molecule has 1 aliphatic carbocycles. The van der Waals surface area contributed by atoms with Crippen molar-refractivity contribution in [3.8, 4) is 0 Å². The standard InChI is InChI=1S/C36H43F3N2O6/c1-21(2)28(20-31(43)27-15-14-25-11-8-12-26(25)19-27)35(47)41-30(18-24-9-6-5-7-10-24)32(44)17-22(3)34(46)40-29(16-13-23(4)42)33(45)36(37,38)39/h5-10,12,14-15,19,21-22,28-30,33,45H,11,13,16-18,20H2,1-4H3,(H,40,46)(H,41,47)/t22-,28+,29?,30+,33?/m1/s1. The number of hydrogen-bond acceptors (Lipinski definition) is 6. The van der Waals surface area contributed by atoms with Gasteiger partial charge in [-0.15, -0.1) is 0 Å². The fourth-order valence-corrected chi connectivity index (χ4v) is 5.50. The Morgan fingerprint density at radius 1 is 0.915 bits per heavy atom. The molecular weight excluding hydrogens is 613 g/mol. The first-order chi connectivity index (χ1) is 22.1. The Morgan fingerprint density at radius 2 is 1.60 bits per heavy atom. The third kappa shape index (κ3) is 11.0. The third-order valence-corrected chi connectivity index (χ3v) is 8.44. The van der Waals surface area contributed by atoms with E-state index >= 15 is 0 Å². The predicted octanol–water partition coefficient (Wildman–Crippen LogP) is 5.20. The predicted molar refractivity (Wildman–Crippen MR) is 171 cm³/mol. The minimum absolute atomic E-state index is 0.0831. The molecule has 0 aromatic heterocycles. The van der Waals surface area contributed by atoms with Gasteiger partial charge in [-0.05, 0) is 54.9 Å². The quantitative estimate of drug-likeness (QED) is 0.201. The number of benzene rings is 2. The van der Waals surface area contributed by atoms with Gasteiger partial charge in [-0.3, -0.25) is 19.2 Å². The molecule has 8 nitrogen and oxygen atoms in total. The maximum atomic E-state index is 13.6. The van der Waals surface area contributed by atoms with Gasteiger partial charge in [-0.1, -0.05) is 75.4 Å². The van der Waals surface area contributed by atoms with Gasteiger partial charge in [0, 0.05) is 36.7 Å². The van der Waals surface area contributed by atoms with Gasteiger partial charge >= 0.3 is 6.18 Å². The molecule has 5 atom stereocenters. The minimum Gasteiger partial charge on any atom is -0.382 e. The molecule has 0 aliphatic heterocycles. The molecule has 47 heavy (non-hydrogen) atoms. The summed E-state index contributed by atoms with van der Waals surface area (Å²) in [6, 6.07) is 11.4. The fourth-order valence-electron chi connectivity index (χ4n) is 5.50. The highest BCUT2D eigenvalue weighted by Gasteiger charge is 2.44. The first-order valence-electron chi connectivity index (χ1n) is 15.8. The van der Waals surface area contributed by atoms with Crippen molar-refractivity contribution in [1.82, 2.24) is 10.6 Å². The molecule has 0 radical (unpaired) electrons. The zero-order chi connectivity index (χ0) is 34.9. The zero-order valence-electron chi connectivity index (χ0n) is 27.1. The number of ketones is 3. The molecule has 0 saturated carbocycles. The van der Waals surface area contributed by atoms with Crippen molar-refractivity contribution in [3.63, 3.8) is 0 Å². The van der Waals surface area contributed by atoms with Gasteiger partial charge in [0.1, 0.15) is 5.78 Å². The number of allylic oxidation sites excluding steroid dienone is 1. The number of halogens is 3. The Balaban J connectivity index is 1.74. The topological polar surface area (TPSA) is 130 Å². The van der Waals surface area contributed by atoms with Crippen LogP contribution in [0.2, 0.25) is 0 Å². The van der Waals surface area contributed by atoms with Gasteiger partial charge in [0.25, 0.3) is 0 Å². The normalized spacial score (nSPS) is 15.7. The maximum absolute atomic E-state index is 13.6. The lowest BCUT2D eigenvalue weighted by atomic mass is 9.86. The van der Waals surface area contributed by atoms with Gasteiger partial charge in [0.15, 0.2) is 17.7 Å². The van der Waals surface area contributed by atoms with E-state index in [1.165, 1.54) is 13.8 Å². The van der Waals surface area contributed by atoms with E-state index in [9.17, 15) is 42.3 Å². The van der Waals surface area contributed by atoms with Crippen LogP contribution in [0, 0.1) is 17.8 Å². The summed E-state index contributed by atoms with van der Waals surface area (Å²) >= 11 is 0. The van der Waals surface area contributed by atoms with Crippen LogP contribution in [0.15, 0.2) is 54.6 Å². The average Bonchev–Trinajstić information content (AvgIpc) is 3.48. The van der Waals surface area contributed by atoms with Gasteiger partial charge in [-0.2, -0.15) is 13.2 Å². The van der Waals surface area contributed by atoms with Crippen molar-refractivity contribution < 1.29 is 42.3 Å². The number of Topliss-reactive ketones (excluding diaryl/α,β-unsaturated/α-hetero) is 3. The molecule has 0 heterocycles. The summed E-state index contributed by atoms with van der Waals surface area (Å²) in [6.07, 6.45) is -4.32. The highest BCUT2D eigenvalue weighted by molar-refractivity contribution is 6.00. The number of fused-ring (bicyclic) bond motifs is 1. The number of rotatable bonds is 17. The SMILES string of the molecule is CC(=O)CCC(NC(=O)[C@H](C)CC(=O)[C@H](Cc1ccccc1)NC(=O)[C@@H](CC(=O)c1ccc2c(c1)C=CC2)C(C)C)C(O)C(F)(F)F. The summed E-state index contributed by atoms with van der Waals surface area (Å²) in [6.45, 7) is 6.16. The first-order valence-corrected chi connectivity index (χ1v) is 15.8. The Kier molecular flexibility index (Phi) is 13.2. The molecule has 2 aromatic carbocycles. The van der Waals surface area contributed by atoms with Crippen LogP contribution in [0.4, 0.5) is 13.2 Å². The van der Waals surface area contributed by atoms with Gasteiger partial charge in [0.2, 0.25) is 11.8 Å². The van der Waals surface area contributed by atoms with Crippen molar-refractivity contribution >= 4 is 35.2 Å². The van der Waals surface area contributed by atoms with Crippen LogP contribution in [-0.4, -0.2) is 58.6 Å². The number of nitrogens with one attached hydrogen (secondary N) is 2. The van der Waals surface area contributed by atoms with Crippen LogP contribution in [-0.2, 0) is 32.0 Å². The van der Waals surface area contributed by atoms with Crippen molar-refractivity contribution in [2.75, 3.05) is 0 Å². The van der Waals surface area contributed by atoms with Crippen LogP contribution in [0.1, 0.15) is 80.4 Å². The number of carbonyl (C=O) groups is 5. The average molecular weight is 657 g/mol. The summed E-state index contributed by atoms with van der Waals surface area (Å²) in [5.41, 5.74) is 3.30. The van der Waals surface area contributed by atoms with E-state index < -0.39 is 72.4 Å². The van der Waals surface area contributed by atoms with Crippen molar-refractivity contribution in [3.05, 3.63) is 76.9 Å². The molecule has 11 heteroatoms. The molecule has 3 N–H and O–H groups in total. The number of alkyl halides is 3. The zero-order valence-corrected chi connectivity index (χ0v) is 27.1. The molecule has 2 unspecified atom stereocenters. The van der Waals surface area contributed by atoms with E-state index in [0.29, 0.717) is 5.56 Å². The molecule has 2 amide bonds. The second-order valence-corrected chi connectivity index (χ2v) is 12.7. The molecule has 0 bridgehead atoms. The summed E-state index contributed by atoms with van der Waals surface area (Å²) in [4.78, 5) is 64.8. The molecule has 254 valence electrons. The molecule has 3 rings (SSSR count). The van der Waals surface area contributed by atoms with E-state index in [-0.39, 0.29) is 31.0 Å².